The van der Waals surface area contributed by atoms with Crippen molar-refractivity contribution < 1.29 is 14.3 Å². The lowest BCUT2D eigenvalue weighted by Gasteiger charge is -2.31. The predicted molar refractivity (Wildman–Crippen MR) is 124 cm³/mol. The van der Waals surface area contributed by atoms with E-state index in [1.165, 1.54) is 16.7 Å². The molecule has 31 heavy (non-hydrogen) atoms. The van der Waals surface area contributed by atoms with Gasteiger partial charge in [-0.25, -0.2) is 0 Å². The molecule has 1 amide bonds. The van der Waals surface area contributed by atoms with Crippen LogP contribution in [0.3, 0.4) is 0 Å². The van der Waals surface area contributed by atoms with Gasteiger partial charge in [0, 0.05) is 38.8 Å². The second-order valence-corrected chi connectivity index (χ2v) is 8.53. The van der Waals surface area contributed by atoms with Gasteiger partial charge in [0.15, 0.2) is 0 Å². The summed E-state index contributed by atoms with van der Waals surface area (Å²) in [4.78, 5) is 14.7. The molecule has 1 saturated heterocycles. The normalized spacial score (nSPS) is 14.6. The molecule has 1 heterocycles. The summed E-state index contributed by atoms with van der Waals surface area (Å²) in [5.74, 6) is 0.923. The molecule has 0 unspecified atom stereocenters. The van der Waals surface area contributed by atoms with Crippen molar-refractivity contribution >= 4 is 5.91 Å². The molecule has 3 rings (SSSR count). The Hall–Kier alpha value is -2.37. The van der Waals surface area contributed by atoms with Gasteiger partial charge < -0.3 is 14.8 Å². The Kier molecular flexibility index (Phi) is 8.92. The number of rotatable bonds is 10. The fraction of sp³-hybridized carbons (Fsp3) is 0.500. The number of likely N-dealkylation sites (N-methyl/N-ethyl adjacent to an activating group) is 1. The van der Waals surface area contributed by atoms with E-state index in [4.69, 9.17) is 9.47 Å². The van der Waals surface area contributed by atoms with Gasteiger partial charge in [-0.1, -0.05) is 35.9 Å². The van der Waals surface area contributed by atoms with E-state index in [2.05, 4.69) is 49.3 Å². The number of carbonyl (C=O) groups excluding carboxylic acids is 1. The van der Waals surface area contributed by atoms with Crippen LogP contribution in [0.4, 0.5) is 0 Å². The molecule has 2 aromatic carbocycles. The number of nitrogens with zero attached hydrogens (tertiary/aromatic N) is 1. The van der Waals surface area contributed by atoms with E-state index >= 15 is 0 Å². The van der Waals surface area contributed by atoms with Crippen LogP contribution in [-0.2, 0) is 22.5 Å². The van der Waals surface area contributed by atoms with Gasteiger partial charge in [0.05, 0.1) is 0 Å². The summed E-state index contributed by atoms with van der Waals surface area (Å²) < 4.78 is 11.4. The SMILES string of the molecule is Cc1ccc(CCC(=O)NCc2cccc(OCCN(C)C3CCOCC3)c2)c(C)c1. The molecule has 1 fully saturated rings. The first-order chi connectivity index (χ1) is 15.0. The van der Waals surface area contributed by atoms with Gasteiger partial charge in [-0.2, -0.15) is 0 Å². The van der Waals surface area contributed by atoms with Crippen molar-refractivity contribution in [3.8, 4) is 5.75 Å². The minimum Gasteiger partial charge on any atom is -0.492 e. The molecule has 0 spiro atoms. The Morgan fingerprint density at radius 2 is 1.97 bits per heavy atom. The molecule has 0 atom stereocenters. The number of ether oxygens (including phenoxy) is 2. The highest BCUT2D eigenvalue weighted by atomic mass is 16.5. The number of hydrogen-bond acceptors (Lipinski definition) is 4. The minimum atomic E-state index is 0.0735. The van der Waals surface area contributed by atoms with Gasteiger partial charge in [-0.3, -0.25) is 9.69 Å². The van der Waals surface area contributed by atoms with E-state index < -0.39 is 0 Å². The molecule has 1 N–H and O–H groups in total. The summed E-state index contributed by atoms with van der Waals surface area (Å²) in [6.45, 7) is 7.97. The third kappa shape index (κ3) is 7.67. The van der Waals surface area contributed by atoms with Crippen molar-refractivity contribution in [1.29, 1.82) is 0 Å². The zero-order valence-electron chi connectivity index (χ0n) is 19.2. The van der Waals surface area contributed by atoms with E-state index in [9.17, 15) is 4.79 Å². The summed E-state index contributed by atoms with van der Waals surface area (Å²) in [5.41, 5.74) is 4.79. The molecule has 5 nitrogen and oxygen atoms in total. The predicted octanol–water partition coefficient (Wildman–Crippen LogP) is 4.04. The van der Waals surface area contributed by atoms with Crippen molar-refractivity contribution in [2.75, 3.05) is 33.4 Å². The van der Waals surface area contributed by atoms with Crippen molar-refractivity contribution in [2.45, 2.75) is 52.1 Å². The molecule has 1 aliphatic rings. The molecular weight excluding hydrogens is 388 g/mol. The van der Waals surface area contributed by atoms with Crippen LogP contribution >= 0.6 is 0 Å². The maximum Gasteiger partial charge on any atom is 0.220 e. The topological polar surface area (TPSA) is 50.8 Å². The molecule has 5 heteroatoms. The van der Waals surface area contributed by atoms with E-state index in [-0.39, 0.29) is 5.91 Å². The number of carbonyl (C=O) groups is 1. The zero-order valence-corrected chi connectivity index (χ0v) is 19.2. The maximum atomic E-state index is 12.3. The maximum absolute atomic E-state index is 12.3. The smallest absolute Gasteiger partial charge is 0.220 e. The average molecular weight is 425 g/mol. The second-order valence-electron chi connectivity index (χ2n) is 8.53. The largest absolute Gasteiger partial charge is 0.492 e. The molecular formula is C26H36N2O3. The van der Waals surface area contributed by atoms with Gasteiger partial charge in [-0.05, 0) is 69.0 Å². The van der Waals surface area contributed by atoms with E-state index in [0.717, 1.165) is 50.3 Å². The molecule has 1 aliphatic heterocycles. The molecule has 2 aromatic rings. The van der Waals surface area contributed by atoms with Crippen molar-refractivity contribution in [3.05, 3.63) is 64.7 Å². The van der Waals surface area contributed by atoms with Gasteiger partial charge >= 0.3 is 0 Å². The van der Waals surface area contributed by atoms with Crippen molar-refractivity contribution in [3.63, 3.8) is 0 Å². The summed E-state index contributed by atoms with van der Waals surface area (Å²) in [5, 5.41) is 3.03. The van der Waals surface area contributed by atoms with Crippen LogP contribution < -0.4 is 10.1 Å². The van der Waals surface area contributed by atoms with E-state index in [1.54, 1.807) is 0 Å². The van der Waals surface area contributed by atoms with Crippen LogP contribution in [0.2, 0.25) is 0 Å². The van der Waals surface area contributed by atoms with Crippen LogP contribution in [0.15, 0.2) is 42.5 Å². The van der Waals surface area contributed by atoms with Crippen molar-refractivity contribution in [2.24, 2.45) is 0 Å². The van der Waals surface area contributed by atoms with Gasteiger partial charge in [0.2, 0.25) is 5.91 Å². The Bertz CT molecular complexity index is 846. The van der Waals surface area contributed by atoms with Gasteiger partial charge in [0.1, 0.15) is 12.4 Å². The van der Waals surface area contributed by atoms with Crippen LogP contribution in [0, 0.1) is 13.8 Å². The number of amides is 1. The Morgan fingerprint density at radius 1 is 1.16 bits per heavy atom. The standard InChI is InChI=1S/C26H36N2O3/c1-20-7-8-23(21(2)17-20)9-10-26(29)27-19-22-5-4-6-25(18-22)31-16-13-28(3)24-11-14-30-15-12-24/h4-8,17-18,24H,9-16,19H2,1-3H3,(H,27,29). The average Bonchev–Trinajstić information content (AvgIpc) is 2.78. The Labute approximate surface area is 186 Å². The Morgan fingerprint density at radius 3 is 2.74 bits per heavy atom. The first-order valence-electron chi connectivity index (χ1n) is 11.3. The third-order valence-corrected chi connectivity index (χ3v) is 6.03. The monoisotopic (exact) mass is 424 g/mol. The van der Waals surface area contributed by atoms with E-state index in [1.807, 2.05) is 24.3 Å². The molecule has 0 aromatic heterocycles. The lowest BCUT2D eigenvalue weighted by Crippen LogP contribution is -2.38. The number of aryl methyl sites for hydroxylation is 3. The molecule has 168 valence electrons. The van der Waals surface area contributed by atoms with Gasteiger partial charge in [0.25, 0.3) is 0 Å². The molecule has 0 radical (unpaired) electrons. The first-order valence-corrected chi connectivity index (χ1v) is 11.3. The Balaban J connectivity index is 1.38. The highest BCUT2D eigenvalue weighted by molar-refractivity contribution is 5.76. The quantitative estimate of drug-likeness (QED) is 0.625. The zero-order chi connectivity index (χ0) is 22.1. The third-order valence-electron chi connectivity index (χ3n) is 6.03. The van der Waals surface area contributed by atoms with Crippen LogP contribution in [0.1, 0.15) is 41.5 Å². The number of nitrogens with one attached hydrogen (secondary N) is 1. The number of hydrogen-bond donors (Lipinski definition) is 1. The van der Waals surface area contributed by atoms with Crippen LogP contribution in [-0.4, -0.2) is 50.3 Å². The summed E-state index contributed by atoms with van der Waals surface area (Å²) >= 11 is 0. The van der Waals surface area contributed by atoms with Crippen LogP contribution in [0.5, 0.6) is 5.75 Å². The highest BCUT2D eigenvalue weighted by Gasteiger charge is 2.18. The fourth-order valence-electron chi connectivity index (χ4n) is 4.02. The summed E-state index contributed by atoms with van der Waals surface area (Å²) in [6.07, 6.45) is 3.45. The molecule has 0 saturated carbocycles. The van der Waals surface area contributed by atoms with E-state index in [0.29, 0.717) is 25.6 Å². The molecule has 0 aliphatic carbocycles. The van der Waals surface area contributed by atoms with Crippen molar-refractivity contribution in [1.82, 2.24) is 10.2 Å². The number of benzene rings is 2. The summed E-state index contributed by atoms with van der Waals surface area (Å²) in [7, 11) is 2.16. The van der Waals surface area contributed by atoms with Gasteiger partial charge in [-0.15, -0.1) is 0 Å². The fourth-order valence-corrected chi connectivity index (χ4v) is 4.02. The van der Waals surface area contributed by atoms with Crippen LogP contribution in [0.25, 0.3) is 0 Å². The lowest BCUT2D eigenvalue weighted by atomic mass is 10.0. The highest BCUT2D eigenvalue weighted by Crippen LogP contribution is 2.16. The lowest BCUT2D eigenvalue weighted by molar-refractivity contribution is -0.121. The first kappa shape index (κ1) is 23.3. The minimum absolute atomic E-state index is 0.0735. The summed E-state index contributed by atoms with van der Waals surface area (Å²) in [6, 6.07) is 15.0. The molecule has 0 bridgehead atoms. The second kappa shape index (κ2) is 11.9.